The highest BCUT2D eigenvalue weighted by molar-refractivity contribution is 6.02. The molecular weight excluding hydrogens is 1010 g/mol. The number of hydrogen-bond acceptors (Lipinski definition) is 15. The summed E-state index contributed by atoms with van der Waals surface area (Å²) >= 11 is 0. The summed E-state index contributed by atoms with van der Waals surface area (Å²) in [6.45, 7) is 21.1. The maximum atomic E-state index is 12.5. The fourth-order valence-corrected chi connectivity index (χ4v) is 7.22. The van der Waals surface area contributed by atoms with E-state index >= 15 is 0 Å². The van der Waals surface area contributed by atoms with Crippen LogP contribution in [0.4, 0.5) is 16.2 Å². The van der Waals surface area contributed by atoms with Crippen molar-refractivity contribution in [1.29, 1.82) is 31.6 Å². The Morgan fingerprint density at radius 1 is 0.625 bits per heavy atom. The molecule has 3 amide bonds. The second-order valence-corrected chi connectivity index (χ2v) is 18.7. The number of anilines is 2. The van der Waals surface area contributed by atoms with E-state index in [0.717, 1.165) is 44.8 Å². The maximum Gasteiger partial charge on any atom is 0.407 e. The Hall–Kier alpha value is -10.1. The predicted octanol–water partition coefficient (Wildman–Crippen LogP) is 9.66. The number of nitrogens with one attached hydrogen (secondary N) is 3. The molecule has 4 aromatic carbocycles. The lowest BCUT2D eigenvalue weighted by atomic mass is 9.92. The van der Waals surface area contributed by atoms with Crippen molar-refractivity contribution in [3.8, 4) is 36.4 Å². The van der Waals surface area contributed by atoms with Gasteiger partial charge in [0.2, 0.25) is 6.08 Å². The lowest BCUT2D eigenvalue weighted by molar-refractivity contribution is -0.118. The van der Waals surface area contributed by atoms with Gasteiger partial charge in [0.05, 0.1) is 74.2 Å². The fraction of sp³-hybridized carbons (Fsp3) is 0.323. The number of benzene rings is 4. The zero-order chi connectivity index (χ0) is 59.5. The largest absolute Gasteiger partial charge is 0.448 e. The summed E-state index contributed by atoms with van der Waals surface area (Å²) in [6.07, 6.45) is 5.28. The molecule has 0 spiro atoms. The normalized spacial score (nSPS) is 10.6. The number of nitrogens with zero attached hydrogens (tertiary/aromatic N) is 9. The van der Waals surface area contributed by atoms with E-state index in [-0.39, 0.29) is 37.4 Å². The molecule has 0 fully saturated rings. The number of amides is 3. The van der Waals surface area contributed by atoms with Gasteiger partial charge in [-0.15, -0.1) is 0 Å². The highest BCUT2D eigenvalue weighted by Gasteiger charge is 2.24. The molecule has 0 atom stereocenters. The zero-order valence-corrected chi connectivity index (χ0v) is 46.3. The summed E-state index contributed by atoms with van der Waals surface area (Å²) in [5, 5.41) is 70.3. The molecule has 4 N–H and O–H groups in total. The van der Waals surface area contributed by atoms with Gasteiger partial charge < -0.3 is 35.6 Å². The van der Waals surface area contributed by atoms with Gasteiger partial charge in [-0.05, 0) is 123 Å². The molecule has 18 nitrogen and oxygen atoms in total. The van der Waals surface area contributed by atoms with Crippen molar-refractivity contribution in [2.45, 2.75) is 78.3 Å². The van der Waals surface area contributed by atoms with Crippen LogP contribution in [0.25, 0.3) is 23.3 Å². The van der Waals surface area contributed by atoms with Gasteiger partial charge in [-0.3, -0.25) is 9.59 Å². The summed E-state index contributed by atoms with van der Waals surface area (Å²) in [4.78, 5) is 54.6. The van der Waals surface area contributed by atoms with E-state index in [2.05, 4.69) is 58.4 Å². The quantitative estimate of drug-likeness (QED) is 0.0158. The molecule has 4 aromatic rings. The molecule has 0 aliphatic carbocycles. The van der Waals surface area contributed by atoms with Gasteiger partial charge in [0.15, 0.2) is 0 Å². The average Bonchev–Trinajstić information content (AvgIpc) is 3.45. The number of allylic oxidation sites excluding steroid dienone is 2. The lowest BCUT2D eigenvalue weighted by Gasteiger charge is -2.27. The molecular formula is C62H68N12O6. The van der Waals surface area contributed by atoms with Crippen molar-refractivity contribution in [3.63, 3.8) is 0 Å². The Bertz CT molecular complexity index is 3090. The van der Waals surface area contributed by atoms with E-state index in [1.807, 2.05) is 136 Å². The van der Waals surface area contributed by atoms with Crippen LogP contribution in [-0.2, 0) is 30.2 Å². The van der Waals surface area contributed by atoms with Gasteiger partial charge in [0.1, 0.15) is 29.9 Å². The molecule has 4 rings (SSSR count). The summed E-state index contributed by atoms with van der Waals surface area (Å²) < 4.78 is 5.22. The van der Waals surface area contributed by atoms with Gasteiger partial charge in [-0.25, -0.2) is 9.59 Å². The van der Waals surface area contributed by atoms with Crippen molar-refractivity contribution in [3.05, 3.63) is 155 Å². The van der Waals surface area contributed by atoms with Crippen LogP contribution in [0, 0.1) is 68.0 Å². The first-order valence-corrected chi connectivity index (χ1v) is 25.4. The fourth-order valence-electron chi connectivity index (χ4n) is 7.22. The van der Waals surface area contributed by atoms with Crippen molar-refractivity contribution in [2.75, 3.05) is 62.3 Å². The molecule has 0 saturated carbocycles. The number of hydrogen-bond donors (Lipinski definition) is 4. The third-order valence-electron chi connectivity index (χ3n) is 11.7. The molecule has 0 heterocycles. The third kappa shape index (κ3) is 23.4. The van der Waals surface area contributed by atoms with Crippen LogP contribution in [0.15, 0.2) is 126 Å². The van der Waals surface area contributed by atoms with E-state index in [1.54, 1.807) is 30.3 Å². The van der Waals surface area contributed by atoms with E-state index in [1.165, 1.54) is 12.2 Å². The van der Waals surface area contributed by atoms with Crippen LogP contribution in [-0.4, -0.2) is 81.6 Å². The molecule has 0 radical (unpaired) electrons. The molecule has 0 aliphatic rings. The number of carbonyl (C=O) groups is 3. The van der Waals surface area contributed by atoms with Gasteiger partial charge in [-0.2, -0.15) is 36.6 Å². The lowest BCUT2D eigenvalue weighted by Crippen LogP contribution is -2.42. The Morgan fingerprint density at radius 3 is 1.40 bits per heavy atom. The summed E-state index contributed by atoms with van der Waals surface area (Å²) in [5.74, 6) is -1.12. The topological polar surface area (TPSA) is 295 Å². The van der Waals surface area contributed by atoms with E-state index in [9.17, 15) is 24.4 Å². The minimum Gasteiger partial charge on any atom is -0.448 e. The zero-order valence-electron chi connectivity index (χ0n) is 46.3. The minimum absolute atomic E-state index is 0.0303. The molecule has 0 unspecified atom stereocenters. The summed E-state index contributed by atoms with van der Waals surface area (Å²) in [5.41, 5.74) is 7.53. The van der Waals surface area contributed by atoms with Crippen LogP contribution in [0.2, 0.25) is 0 Å². The number of aliphatic hydroxyl groups excluding tert-OH is 1. The van der Waals surface area contributed by atoms with E-state index < -0.39 is 29.0 Å². The smallest absolute Gasteiger partial charge is 0.407 e. The number of aliphatic imine (C=N–C) groups is 1. The first-order valence-electron chi connectivity index (χ1n) is 25.4. The number of isocyanates is 1. The Labute approximate surface area is 470 Å². The van der Waals surface area contributed by atoms with Crippen LogP contribution < -0.4 is 25.8 Å². The number of nitriles is 6. The number of rotatable bonds is 25. The van der Waals surface area contributed by atoms with Gasteiger partial charge in [-0.1, -0.05) is 85.0 Å². The molecule has 80 heavy (non-hydrogen) atoms. The molecule has 412 valence electrons. The number of alkyl carbamates (subject to hydrolysis) is 1. The van der Waals surface area contributed by atoms with E-state index in [4.69, 9.17) is 36.2 Å². The summed E-state index contributed by atoms with van der Waals surface area (Å²) in [7, 11) is 0. The Kier molecular flexibility index (Phi) is 29.1. The SMILES string of the molecule is C=C(C)c1cccc(C(C)(C)N=C=O)c1.C=C(C)c1cccc(C(C)(C)NC(=O)OCCNC(=O)/C(C#N)=C/c2ccc(N(CCC#N)CCC#N)cc2)c1.N#CCCN(CCC#N)c1ccc(/C=C(\C#N)C(=O)NCCO)cc1. The first kappa shape index (κ1) is 66.0. The van der Waals surface area contributed by atoms with Crippen LogP contribution in [0.5, 0.6) is 0 Å². The minimum atomic E-state index is -0.694. The number of carbonyl (C=O) groups excluding carboxylic acids is 4. The van der Waals surface area contributed by atoms with Crippen LogP contribution in [0.1, 0.15) is 101 Å². The first-order chi connectivity index (χ1) is 38.2. The van der Waals surface area contributed by atoms with Gasteiger partial charge in [0.25, 0.3) is 11.8 Å². The average molecular weight is 1080 g/mol. The van der Waals surface area contributed by atoms with Crippen molar-refractivity contribution >= 4 is 58.7 Å². The molecule has 0 aliphatic heterocycles. The van der Waals surface area contributed by atoms with Crippen molar-refractivity contribution in [1.82, 2.24) is 16.0 Å². The van der Waals surface area contributed by atoms with E-state index in [0.29, 0.717) is 63.0 Å². The predicted molar refractivity (Wildman–Crippen MR) is 309 cm³/mol. The third-order valence-corrected chi connectivity index (χ3v) is 11.7. The molecule has 0 saturated heterocycles. The Morgan fingerprint density at radius 2 is 1.02 bits per heavy atom. The molecule has 0 bridgehead atoms. The maximum absolute atomic E-state index is 12.5. The molecule has 18 heteroatoms. The Balaban J connectivity index is 0.000000462. The van der Waals surface area contributed by atoms with Crippen molar-refractivity contribution < 1.29 is 29.0 Å². The highest BCUT2D eigenvalue weighted by atomic mass is 16.5. The standard InChI is InChI=1S/C31H34N6O3.C18H19N5O2.C13H15NO/c1-23(2)25-8-5-9-27(21-25)31(3,4)36-30(39)40-19-16-35-29(38)26(22-34)20-24-10-12-28(13-11-24)37(17-6-14-32)18-7-15-33;19-7-1-10-23(11-2-8-20)17-5-3-15(4-6-17)13-16(14-21)18(25)22-9-12-24;1-10(2)11-6-5-7-12(8-11)13(3,4)14-9-15/h5,8-13,20-21H,1,6-7,16-19H2,2-4H3,(H,35,38)(H,36,39);3-6,13,24H,1-2,9-12H2,(H,22,25);5-8H,1H2,2-4H3/b26-20+;16-13+;. The van der Waals surface area contributed by atoms with Gasteiger partial charge >= 0.3 is 6.09 Å². The second kappa shape index (κ2) is 35.3. The van der Waals surface area contributed by atoms with Gasteiger partial charge in [0, 0.05) is 44.1 Å². The second-order valence-electron chi connectivity index (χ2n) is 18.7. The molecule has 0 aromatic heterocycles. The number of ether oxygens (including phenoxy) is 1. The highest BCUT2D eigenvalue weighted by Crippen LogP contribution is 2.27. The number of aliphatic hydroxyl groups is 1. The van der Waals surface area contributed by atoms with Crippen LogP contribution >= 0.6 is 0 Å². The summed E-state index contributed by atoms with van der Waals surface area (Å²) in [6, 6.07) is 42.0. The van der Waals surface area contributed by atoms with Crippen LogP contribution in [0.3, 0.4) is 0 Å². The monoisotopic (exact) mass is 1080 g/mol. The van der Waals surface area contributed by atoms with Crippen molar-refractivity contribution in [2.24, 2.45) is 4.99 Å².